The van der Waals surface area contributed by atoms with E-state index in [4.69, 9.17) is 0 Å². The Kier molecular flexibility index (Phi) is 4.91. The van der Waals surface area contributed by atoms with E-state index < -0.39 is 12.1 Å². The number of hydrogen-bond acceptors (Lipinski definition) is 2. The van der Waals surface area contributed by atoms with Crippen molar-refractivity contribution in [2.45, 2.75) is 25.9 Å². The number of piperidine rings is 1. The fourth-order valence-corrected chi connectivity index (χ4v) is 2.51. The summed E-state index contributed by atoms with van der Waals surface area (Å²) in [4.78, 5) is 2.10. The number of likely N-dealkylation sites (tertiary alicyclic amines) is 1. The molecule has 1 aliphatic heterocycles. The Bertz CT molecular complexity index is 406. The van der Waals surface area contributed by atoms with Crippen LogP contribution < -0.4 is 5.32 Å². The second kappa shape index (κ2) is 6.48. The Morgan fingerprint density at radius 2 is 1.75 bits per heavy atom. The van der Waals surface area contributed by atoms with E-state index >= 15 is 0 Å². The Hall–Kier alpha value is -1.23. The molecule has 2 rings (SSSR count). The minimum absolute atomic E-state index is 0.230. The minimum atomic E-state index is -4.02. The summed E-state index contributed by atoms with van der Waals surface area (Å²) in [5.74, 6) is -1.11. The Morgan fingerprint density at radius 1 is 1.15 bits per heavy atom. The number of benzene rings is 1. The van der Waals surface area contributed by atoms with E-state index in [0.717, 1.165) is 18.8 Å². The minimum Gasteiger partial charge on any atom is -0.384 e. The Balaban J connectivity index is 1.67. The molecule has 0 saturated carbocycles. The Morgan fingerprint density at radius 3 is 2.30 bits per heavy atom. The van der Waals surface area contributed by atoms with Gasteiger partial charge in [-0.15, -0.1) is 0 Å². The van der Waals surface area contributed by atoms with Crippen LogP contribution in [0.15, 0.2) is 24.3 Å². The monoisotopic (exact) mass is 286 g/mol. The molecule has 0 aromatic heterocycles. The van der Waals surface area contributed by atoms with Crippen LogP contribution in [0.25, 0.3) is 0 Å². The van der Waals surface area contributed by atoms with Crippen LogP contribution in [0.3, 0.4) is 0 Å². The lowest BCUT2D eigenvalue weighted by Gasteiger charge is -2.32. The molecule has 1 aliphatic rings. The third kappa shape index (κ3) is 4.40. The van der Waals surface area contributed by atoms with Gasteiger partial charge in [0.25, 0.3) is 0 Å². The number of nitrogens with zero attached hydrogens (tertiary/aromatic N) is 1. The number of alkyl halides is 3. The van der Waals surface area contributed by atoms with E-state index in [0.29, 0.717) is 13.1 Å². The lowest BCUT2D eigenvalue weighted by atomic mass is 9.96. The van der Waals surface area contributed by atoms with Crippen LogP contribution in [-0.4, -0.2) is 37.3 Å². The van der Waals surface area contributed by atoms with Crippen molar-refractivity contribution < 1.29 is 13.2 Å². The van der Waals surface area contributed by atoms with Crippen molar-refractivity contribution in [1.29, 1.82) is 0 Å². The summed E-state index contributed by atoms with van der Waals surface area (Å²) >= 11 is 0. The van der Waals surface area contributed by atoms with Gasteiger partial charge in [0.05, 0.1) is 5.92 Å². The third-order valence-corrected chi connectivity index (χ3v) is 3.86. The normalized spacial score (nSPS) is 18.2. The molecule has 0 unspecified atom stereocenters. The maximum Gasteiger partial charge on any atom is 0.391 e. The lowest BCUT2D eigenvalue weighted by Crippen LogP contribution is -2.40. The molecule has 0 spiro atoms. The van der Waals surface area contributed by atoms with Gasteiger partial charge in [0.15, 0.2) is 0 Å². The van der Waals surface area contributed by atoms with E-state index in [2.05, 4.69) is 10.2 Å². The molecule has 1 aromatic rings. The van der Waals surface area contributed by atoms with E-state index in [1.165, 1.54) is 5.56 Å². The molecular formula is C15H21F3N2. The first kappa shape index (κ1) is 15.2. The zero-order valence-electron chi connectivity index (χ0n) is 11.7. The van der Waals surface area contributed by atoms with E-state index in [9.17, 15) is 13.2 Å². The molecule has 1 heterocycles. The van der Waals surface area contributed by atoms with Crippen molar-refractivity contribution in [3.05, 3.63) is 29.8 Å². The molecule has 0 atom stereocenters. The first-order chi connectivity index (χ1) is 9.45. The van der Waals surface area contributed by atoms with Gasteiger partial charge in [0, 0.05) is 18.8 Å². The van der Waals surface area contributed by atoms with Gasteiger partial charge in [-0.3, -0.25) is 0 Å². The molecule has 1 N–H and O–H groups in total. The third-order valence-electron chi connectivity index (χ3n) is 3.86. The molecule has 0 bridgehead atoms. The summed E-state index contributed by atoms with van der Waals surface area (Å²) in [6.45, 7) is 4.67. The molecule has 1 saturated heterocycles. The van der Waals surface area contributed by atoms with Gasteiger partial charge < -0.3 is 10.2 Å². The number of nitrogens with one attached hydrogen (secondary N) is 1. The fourth-order valence-electron chi connectivity index (χ4n) is 2.51. The highest BCUT2D eigenvalue weighted by Gasteiger charge is 2.40. The topological polar surface area (TPSA) is 15.3 Å². The summed E-state index contributed by atoms with van der Waals surface area (Å²) in [7, 11) is 0. The van der Waals surface area contributed by atoms with Crippen molar-refractivity contribution in [2.75, 3.05) is 31.5 Å². The number of aryl methyl sites for hydroxylation is 1. The van der Waals surface area contributed by atoms with Crippen molar-refractivity contribution in [3.8, 4) is 0 Å². The van der Waals surface area contributed by atoms with Gasteiger partial charge in [-0.05, 0) is 45.0 Å². The van der Waals surface area contributed by atoms with Crippen LogP contribution >= 0.6 is 0 Å². The highest BCUT2D eigenvalue weighted by molar-refractivity contribution is 5.44. The SMILES string of the molecule is Cc1ccc(NCCN2CCC(C(F)(F)F)CC2)cc1. The van der Waals surface area contributed by atoms with Gasteiger partial charge in [0.2, 0.25) is 0 Å². The standard InChI is InChI=1S/C15H21F3N2/c1-12-2-4-14(5-3-12)19-8-11-20-9-6-13(7-10-20)15(16,17)18/h2-5,13,19H,6-11H2,1H3. The molecule has 2 nitrogen and oxygen atoms in total. The van der Waals surface area contributed by atoms with Crippen LogP contribution in [0, 0.1) is 12.8 Å². The van der Waals surface area contributed by atoms with E-state index in [-0.39, 0.29) is 12.8 Å². The zero-order valence-corrected chi connectivity index (χ0v) is 11.7. The summed E-state index contributed by atoms with van der Waals surface area (Å²) < 4.78 is 37.6. The smallest absolute Gasteiger partial charge is 0.384 e. The summed E-state index contributed by atoms with van der Waals surface area (Å²) in [5.41, 5.74) is 2.27. The molecule has 20 heavy (non-hydrogen) atoms. The predicted octanol–water partition coefficient (Wildman–Crippen LogP) is 3.68. The van der Waals surface area contributed by atoms with Crippen molar-refractivity contribution >= 4 is 5.69 Å². The molecular weight excluding hydrogens is 265 g/mol. The van der Waals surface area contributed by atoms with Gasteiger partial charge in [-0.1, -0.05) is 17.7 Å². The number of anilines is 1. The molecule has 112 valence electrons. The van der Waals surface area contributed by atoms with Crippen LogP contribution in [0.5, 0.6) is 0 Å². The van der Waals surface area contributed by atoms with Gasteiger partial charge in [-0.25, -0.2) is 0 Å². The van der Waals surface area contributed by atoms with Gasteiger partial charge >= 0.3 is 6.18 Å². The second-order valence-corrected chi connectivity index (χ2v) is 5.45. The van der Waals surface area contributed by atoms with E-state index in [1.54, 1.807) is 0 Å². The molecule has 5 heteroatoms. The molecule has 0 radical (unpaired) electrons. The average Bonchev–Trinajstić information content (AvgIpc) is 2.41. The van der Waals surface area contributed by atoms with Crippen molar-refractivity contribution in [1.82, 2.24) is 4.90 Å². The maximum absolute atomic E-state index is 12.5. The number of hydrogen-bond donors (Lipinski definition) is 1. The lowest BCUT2D eigenvalue weighted by molar-refractivity contribution is -0.184. The number of halogens is 3. The summed E-state index contributed by atoms with van der Waals surface area (Å²) in [5, 5.41) is 3.30. The molecule has 0 amide bonds. The Labute approximate surface area is 118 Å². The van der Waals surface area contributed by atoms with E-state index in [1.807, 2.05) is 31.2 Å². The van der Waals surface area contributed by atoms with Crippen LogP contribution in [0.2, 0.25) is 0 Å². The highest BCUT2D eigenvalue weighted by atomic mass is 19.4. The van der Waals surface area contributed by atoms with Crippen LogP contribution in [0.4, 0.5) is 18.9 Å². The molecule has 0 aliphatic carbocycles. The molecule has 1 aromatic carbocycles. The first-order valence-electron chi connectivity index (χ1n) is 7.05. The molecule has 1 fully saturated rings. The second-order valence-electron chi connectivity index (χ2n) is 5.45. The quantitative estimate of drug-likeness (QED) is 0.908. The van der Waals surface area contributed by atoms with Crippen molar-refractivity contribution in [3.63, 3.8) is 0 Å². The predicted molar refractivity (Wildman–Crippen MR) is 74.9 cm³/mol. The zero-order chi connectivity index (χ0) is 14.6. The van der Waals surface area contributed by atoms with Gasteiger partial charge in [0.1, 0.15) is 0 Å². The van der Waals surface area contributed by atoms with Gasteiger partial charge in [-0.2, -0.15) is 13.2 Å². The highest BCUT2D eigenvalue weighted by Crippen LogP contribution is 2.33. The summed E-state index contributed by atoms with van der Waals surface area (Å²) in [6.07, 6.45) is -3.56. The van der Waals surface area contributed by atoms with Crippen molar-refractivity contribution in [2.24, 2.45) is 5.92 Å². The average molecular weight is 286 g/mol. The largest absolute Gasteiger partial charge is 0.391 e. The van der Waals surface area contributed by atoms with Crippen LogP contribution in [0.1, 0.15) is 18.4 Å². The van der Waals surface area contributed by atoms with Crippen LogP contribution in [-0.2, 0) is 0 Å². The fraction of sp³-hybridized carbons (Fsp3) is 0.600. The maximum atomic E-state index is 12.5. The number of rotatable bonds is 4. The first-order valence-corrected chi connectivity index (χ1v) is 7.05. The summed E-state index contributed by atoms with van der Waals surface area (Å²) in [6, 6.07) is 8.12.